The van der Waals surface area contributed by atoms with Gasteiger partial charge in [0, 0.05) is 23.6 Å². The second kappa shape index (κ2) is 12.3. The zero-order valence-corrected chi connectivity index (χ0v) is 22.2. The number of amides is 2. The number of hydrogen-bond acceptors (Lipinski definition) is 4. The first-order valence-corrected chi connectivity index (χ1v) is 13.5. The van der Waals surface area contributed by atoms with Gasteiger partial charge in [-0.05, 0) is 54.4 Å². The number of hydrogen-bond donors (Lipinski definition) is 1. The summed E-state index contributed by atoms with van der Waals surface area (Å²) < 4.78 is 28.3. The van der Waals surface area contributed by atoms with Gasteiger partial charge in [0.15, 0.2) is 0 Å². The minimum Gasteiger partial charge on any atom is -0.357 e. The summed E-state index contributed by atoms with van der Waals surface area (Å²) in [5, 5.41) is 3.45. The van der Waals surface area contributed by atoms with Gasteiger partial charge in [-0.3, -0.25) is 13.9 Å². The zero-order valence-electron chi connectivity index (χ0n) is 19.9. The lowest BCUT2D eigenvalue weighted by Gasteiger charge is -2.33. The number of carbonyl (C=O) groups is 2. The van der Waals surface area contributed by atoms with E-state index in [0.717, 1.165) is 9.87 Å². The highest BCUT2D eigenvalue weighted by Gasteiger charge is 2.33. The normalized spacial score (nSPS) is 12.0. The fourth-order valence-corrected chi connectivity index (χ4v) is 5.49. The third-order valence-corrected chi connectivity index (χ3v) is 7.88. The van der Waals surface area contributed by atoms with Gasteiger partial charge in [0.05, 0.1) is 10.6 Å². The van der Waals surface area contributed by atoms with E-state index in [1.165, 1.54) is 30.1 Å². The Morgan fingerprint density at radius 3 is 2.17 bits per heavy atom. The Bertz CT molecular complexity index is 1300. The molecule has 1 unspecified atom stereocenters. The highest BCUT2D eigenvalue weighted by Crippen LogP contribution is 2.27. The molecule has 3 aromatic rings. The molecule has 2 amide bonds. The van der Waals surface area contributed by atoms with Gasteiger partial charge in [0.25, 0.3) is 10.0 Å². The zero-order chi connectivity index (χ0) is 26.3. The minimum absolute atomic E-state index is 0.0281. The molecule has 0 radical (unpaired) electrons. The molecule has 0 fully saturated rings. The van der Waals surface area contributed by atoms with Crippen LogP contribution >= 0.6 is 23.2 Å². The van der Waals surface area contributed by atoms with E-state index in [4.69, 9.17) is 23.2 Å². The maximum atomic E-state index is 13.8. The summed E-state index contributed by atoms with van der Waals surface area (Å²) in [4.78, 5) is 27.9. The van der Waals surface area contributed by atoms with E-state index in [0.29, 0.717) is 16.5 Å². The first kappa shape index (κ1) is 27.5. The average molecular weight is 548 g/mol. The summed E-state index contributed by atoms with van der Waals surface area (Å²) in [5.41, 5.74) is 0.981. The van der Waals surface area contributed by atoms with Crippen LogP contribution in [0, 0.1) is 0 Å². The Morgan fingerprint density at radius 1 is 0.917 bits per heavy atom. The van der Waals surface area contributed by atoms with Gasteiger partial charge < -0.3 is 10.2 Å². The number of halogens is 2. The van der Waals surface area contributed by atoms with Crippen molar-refractivity contribution in [1.82, 2.24) is 10.2 Å². The lowest BCUT2D eigenvalue weighted by atomic mass is 10.1. The molecule has 3 aromatic carbocycles. The Morgan fingerprint density at radius 2 is 1.58 bits per heavy atom. The van der Waals surface area contributed by atoms with Crippen LogP contribution in [0.15, 0.2) is 83.8 Å². The van der Waals surface area contributed by atoms with Gasteiger partial charge in [-0.15, -0.1) is 0 Å². The second-order valence-corrected chi connectivity index (χ2v) is 10.7. The number of sulfonamides is 1. The van der Waals surface area contributed by atoms with E-state index < -0.39 is 28.5 Å². The number of nitrogens with zero attached hydrogens (tertiary/aromatic N) is 2. The molecule has 190 valence electrons. The fourth-order valence-electron chi connectivity index (χ4n) is 3.75. The Labute approximate surface area is 221 Å². The highest BCUT2D eigenvalue weighted by atomic mass is 35.5. The van der Waals surface area contributed by atoms with Gasteiger partial charge in [-0.25, -0.2) is 8.42 Å². The molecule has 7 nitrogen and oxygen atoms in total. The topological polar surface area (TPSA) is 86.8 Å². The van der Waals surface area contributed by atoms with Gasteiger partial charge in [0.1, 0.15) is 12.6 Å². The number of rotatable bonds is 10. The van der Waals surface area contributed by atoms with Crippen molar-refractivity contribution in [2.45, 2.75) is 30.8 Å². The van der Waals surface area contributed by atoms with Gasteiger partial charge in [-0.1, -0.05) is 66.5 Å². The van der Waals surface area contributed by atoms with Crippen LogP contribution in [0.2, 0.25) is 10.0 Å². The molecule has 0 aliphatic heterocycles. The predicted octanol–water partition coefficient (Wildman–Crippen LogP) is 4.74. The summed E-state index contributed by atoms with van der Waals surface area (Å²) in [5.74, 6) is -0.889. The van der Waals surface area contributed by atoms with Crippen LogP contribution in [0.3, 0.4) is 0 Å². The average Bonchev–Trinajstić information content (AvgIpc) is 2.88. The van der Waals surface area contributed by atoms with Crippen molar-refractivity contribution in [3.05, 3.63) is 94.5 Å². The molecule has 0 spiro atoms. The fraction of sp³-hybridized carbons (Fsp3) is 0.231. The van der Waals surface area contributed by atoms with Crippen molar-refractivity contribution in [3.63, 3.8) is 0 Å². The molecule has 0 aliphatic rings. The monoisotopic (exact) mass is 547 g/mol. The molecule has 10 heteroatoms. The molecular weight excluding hydrogens is 521 g/mol. The Hall–Kier alpha value is -3.07. The van der Waals surface area contributed by atoms with E-state index in [2.05, 4.69) is 5.32 Å². The van der Waals surface area contributed by atoms with E-state index in [9.17, 15) is 18.0 Å². The number of carbonyl (C=O) groups excluding carboxylic acids is 2. The molecule has 0 saturated heterocycles. The van der Waals surface area contributed by atoms with Crippen molar-refractivity contribution in [1.29, 1.82) is 0 Å². The minimum atomic E-state index is -4.13. The first-order chi connectivity index (χ1) is 17.2. The molecule has 1 N–H and O–H groups in total. The van der Waals surface area contributed by atoms with Crippen LogP contribution in [0.4, 0.5) is 5.69 Å². The van der Waals surface area contributed by atoms with Crippen LogP contribution in [-0.4, -0.2) is 44.8 Å². The third-order valence-electron chi connectivity index (χ3n) is 5.60. The van der Waals surface area contributed by atoms with Crippen molar-refractivity contribution in [3.8, 4) is 0 Å². The smallest absolute Gasteiger partial charge is 0.264 e. The Balaban J connectivity index is 2.04. The summed E-state index contributed by atoms with van der Waals surface area (Å²) in [6.45, 7) is 1.35. The van der Waals surface area contributed by atoms with Crippen LogP contribution in [0.25, 0.3) is 0 Å². The van der Waals surface area contributed by atoms with Gasteiger partial charge >= 0.3 is 0 Å². The molecular formula is C26H27Cl2N3O4S. The number of anilines is 1. The van der Waals surface area contributed by atoms with E-state index in [-0.39, 0.29) is 23.0 Å². The van der Waals surface area contributed by atoms with Crippen LogP contribution < -0.4 is 9.62 Å². The largest absolute Gasteiger partial charge is 0.357 e. The van der Waals surface area contributed by atoms with Crippen molar-refractivity contribution in [2.24, 2.45) is 0 Å². The second-order valence-electron chi connectivity index (χ2n) is 7.99. The SMILES string of the molecule is CCC(C(=O)NC)N(Cc1ccc(Cl)cc1)C(=O)CN(c1cccc(Cl)c1)S(=O)(=O)c1ccccc1. The third kappa shape index (κ3) is 6.57. The standard InChI is InChI=1S/C26H27Cl2N3O4S/c1-3-24(26(33)29-2)30(17-19-12-14-20(27)15-13-19)25(32)18-31(22-9-7-8-21(28)16-22)36(34,35)23-10-5-4-6-11-23/h4-16,24H,3,17-18H2,1-2H3,(H,29,33). The highest BCUT2D eigenvalue weighted by molar-refractivity contribution is 7.92. The van der Waals surface area contributed by atoms with Crippen molar-refractivity contribution in [2.75, 3.05) is 17.9 Å². The number of benzene rings is 3. The van der Waals surface area contributed by atoms with E-state index in [1.54, 1.807) is 67.6 Å². The lowest BCUT2D eigenvalue weighted by Crippen LogP contribution is -2.51. The lowest BCUT2D eigenvalue weighted by molar-refractivity contribution is -0.140. The van der Waals surface area contributed by atoms with Crippen molar-refractivity contribution >= 4 is 50.7 Å². The van der Waals surface area contributed by atoms with Crippen LogP contribution in [0.1, 0.15) is 18.9 Å². The summed E-state index contributed by atoms with van der Waals surface area (Å²) in [6, 6.07) is 20.2. The van der Waals surface area contributed by atoms with Gasteiger partial charge in [0.2, 0.25) is 11.8 Å². The van der Waals surface area contributed by atoms with Crippen LogP contribution in [0.5, 0.6) is 0 Å². The molecule has 0 aliphatic carbocycles. The molecule has 1 atom stereocenters. The number of likely N-dealkylation sites (N-methyl/N-ethyl adjacent to an activating group) is 1. The quantitative estimate of drug-likeness (QED) is 0.397. The summed E-state index contributed by atoms with van der Waals surface area (Å²) in [6.07, 6.45) is 0.335. The molecule has 0 bridgehead atoms. The van der Waals surface area contributed by atoms with Crippen molar-refractivity contribution < 1.29 is 18.0 Å². The van der Waals surface area contributed by atoms with Crippen LogP contribution in [-0.2, 0) is 26.2 Å². The molecule has 0 aromatic heterocycles. The summed E-state index contributed by atoms with van der Waals surface area (Å²) in [7, 11) is -2.63. The Kier molecular flexibility index (Phi) is 9.37. The maximum Gasteiger partial charge on any atom is 0.264 e. The maximum absolute atomic E-state index is 13.8. The summed E-state index contributed by atoms with van der Waals surface area (Å²) >= 11 is 12.2. The molecule has 0 heterocycles. The van der Waals surface area contributed by atoms with E-state index in [1.807, 2.05) is 0 Å². The molecule has 0 saturated carbocycles. The number of nitrogens with one attached hydrogen (secondary N) is 1. The van der Waals surface area contributed by atoms with Gasteiger partial charge in [-0.2, -0.15) is 0 Å². The first-order valence-electron chi connectivity index (χ1n) is 11.3. The van der Waals surface area contributed by atoms with E-state index >= 15 is 0 Å². The molecule has 36 heavy (non-hydrogen) atoms. The predicted molar refractivity (Wildman–Crippen MR) is 143 cm³/mol. The molecule has 3 rings (SSSR count).